The minimum atomic E-state index is -3.19. The minimum absolute atomic E-state index is 0.0848. The quantitative estimate of drug-likeness (QED) is 0.721. The van der Waals surface area contributed by atoms with Crippen molar-refractivity contribution in [2.24, 2.45) is 0 Å². The van der Waals surface area contributed by atoms with E-state index in [9.17, 15) is 13.2 Å². The van der Waals surface area contributed by atoms with Gasteiger partial charge in [-0.15, -0.1) is 0 Å². The van der Waals surface area contributed by atoms with Gasteiger partial charge < -0.3 is 9.64 Å². The predicted molar refractivity (Wildman–Crippen MR) is 81.2 cm³/mol. The lowest BCUT2D eigenvalue weighted by molar-refractivity contribution is -0.141. The van der Waals surface area contributed by atoms with Crippen LogP contribution in [0.5, 0.6) is 0 Å². The van der Waals surface area contributed by atoms with E-state index in [1.807, 2.05) is 4.90 Å². The van der Waals surface area contributed by atoms with Gasteiger partial charge in [0.05, 0.1) is 17.3 Å². The molecule has 2 rings (SSSR count). The average Bonchev–Trinajstić information content (AvgIpc) is 3.30. The number of anilines is 1. The summed E-state index contributed by atoms with van der Waals surface area (Å²) in [5.74, 6) is -0.170. The molecular formula is C15H21NO4S. The second-order valence-electron chi connectivity index (χ2n) is 5.06. The van der Waals surface area contributed by atoms with E-state index >= 15 is 0 Å². The molecule has 0 atom stereocenters. The zero-order chi connectivity index (χ0) is 15.5. The number of nitrogens with zero attached hydrogens (tertiary/aromatic N) is 1. The van der Waals surface area contributed by atoms with E-state index in [0.717, 1.165) is 18.5 Å². The van der Waals surface area contributed by atoms with Crippen LogP contribution in [-0.4, -0.2) is 39.3 Å². The molecule has 116 valence electrons. The molecule has 0 aromatic heterocycles. The van der Waals surface area contributed by atoms with Gasteiger partial charge in [-0.2, -0.15) is 0 Å². The number of esters is 1. The summed E-state index contributed by atoms with van der Waals surface area (Å²) in [6.07, 6.45) is 2.10. The number of rotatable bonds is 7. The molecule has 0 N–H and O–H groups in total. The third-order valence-electron chi connectivity index (χ3n) is 3.50. The average molecular weight is 311 g/mol. The Morgan fingerprint density at radius 3 is 2.33 bits per heavy atom. The summed E-state index contributed by atoms with van der Waals surface area (Å²) in [6, 6.07) is 7.09. The highest BCUT2D eigenvalue weighted by Crippen LogP contribution is 2.32. The molecule has 0 heterocycles. The van der Waals surface area contributed by atoms with Gasteiger partial charge in [-0.3, -0.25) is 4.79 Å². The molecule has 1 aliphatic carbocycles. The topological polar surface area (TPSA) is 63.7 Å². The second-order valence-corrected chi connectivity index (χ2v) is 7.34. The number of carbonyl (C=O) groups excluding carboxylic acids is 1. The predicted octanol–water partition coefficient (Wildman–Crippen LogP) is 2.01. The molecular weight excluding hydrogens is 290 g/mol. The summed E-state index contributed by atoms with van der Waals surface area (Å²) in [5.41, 5.74) is 0.862. The van der Waals surface area contributed by atoms with Crippen LogP contribution in [0.1, 0.15) is 26.7 Å². The van der Waals surface area contributed by atoms with Gasteiger partial charge in [0.25, 0.3) is 0 Å². The van der Waals surface area contributed by atoms with Crippen molar-refractivity contribution in [2.75, 3.05) is 23.8 Å². The standard InChI is InChI=1S/C15H21NO4S/c1-3-20-15(17)11-16(12-5-6-12)13-7-9-14(10-8-13)21(18,19)4-2/h7-10,12H,3-6,11H2,1-2H3. The van der Waals surface area contributed by atoms with Gasteiger partial charge in [0.15, 0.2) is 9.84 Å². The third-order valence-corrected chi connectivity index (χ3v) is 5.25. The van der Waals surface area contributed by atoms with Gasteiger partial charge >= 0.3 is 5.97 Å². The molecule has 1 aromatic rings. The molecule has 1 aromatic carbocycles. The highest BCUT2D eigenvalue weighted by Gasteiger charge is 2.31. The smallest absolute Gasteiger partial charge is 0.325 e. The van der Waals surface area contributed by atoms with Crippen molar-refractivity contribution in [3.63, 3.8) is 0 Å². The van der Waals surface area contributed by atoms with Crippen LogP contribution >= 0.6 is 0 Å². The van der Waals surface area contributed by atoms with Gasteiger partial charge in [0.2, 0.25) is 0 Å². The minimum Gasteiger partial charge on any atom is -0.465 e. The first-order valence-corrected chi connectivity index (χ1v) is 8.88. The molecule has 5 nitrogen and oxygen atoms in total. The van der Waals surface area contributed by atoms with E-state index in [-0.39, 0.29) is 18.3 Å². The van der Waals surface area contributed by atoms with Gasteiger partial charge in [-0.05, 0) is 44.0 Å². The van der Waals surface area contributed by atoms with E-state index in [0.29, 0.717) is 17.5 Å². The molecule has 1 aliphatic rings. The van der Waals surface area contributed by atoms with Crippen LogP contribution < -0.4 is 4.90 Å². The fourth-order valence-corrected chi connectivity index (χ4v) is 3.06. The summed E-state index contributed by atoms with van der Waals surface area (Å²) in [5, 5.41) is 0. The van der Waals surface area contributed by atoms with Crippen LogP contribution in [0.2, 0.25) is 0 Å². The Hall–Kier alpha value is -1.56. The van der Waals surface area contributed by atoms with Crippen LogP contribution in [0.25, 0.3) is 0 Å². The molecule has 6 heteroatoms. The molecule has 0 aliphatic heterocycles. The number of ether oxygens (including phenoxy) is 1. The Bertz CT molecular complexity index is 591. The first-order valence-electron chi connectivity index (χ1n) is 7.23. The van der Waals surface area contributed by atoms with Gasteiger partial charge in [-0.1, -0.05) is 6.92 Å². The van der Waals surface area contributed by atoms with Gasteiger partial charge in [-0.25, -0.2) is 8.42 Å². The maximum absolute atomic E-state index is 11.8. The zero-order valence-electron chi connectivity index (χ0n) is 12.4. The summed E-state index contributed by atoms with van der Waals surface area (Å²) >= 11 is 0. The molecule has 0 saturated heterocycles. The molecule has 1 fully saturated rings. The van der Waals surface area contributed by atoms with Crippen molar-refractivity contribution in [1.29, 1.82) is 0 Å². The summed E-state index contributed by atoms with van der Waals surface area (Å²) < 4.78 is 28.6. The molecule has 0 bridgehead atoms. The van der Waals surface area contributed by atoms with E-state index < -0.39 is 9.84 Å². The van der Waals surface area contributed by atoms with Crippen molar-refractivity contribution < 1.29 is 17.9 Å². The molecule has 0 unspecified atom stereocenters. The molecule has 0 radical (unpaired) electrons. The van der Waals surface area contributed by atoms with Crippen molar-refractivity contribution in [2.45, 2.75) is 37.6 Å². The monoisotopic (exact) mass is 311 g/mol. The normalized spacial score (nSPS) is 14.8. The Morgan fingerprint density at radius 2 is 1.86 bits per heavy atom. The maximum atomic E-state index is 11.8. The number of hydrogen-bond acceptors (Lipinski definition) is 5. The fraction of sp³-hybridized carbons (Fsp3) is 0.533. The van der Waals surface area contributed by atoms with Crippen molar-refractivity contribution in [3.05, 3.63) is 24.3 Å². The molecule has 21 heavy (non-hydrogen) atoms. The van der Waals surface area contributed by atoms with Crippen LogP contribution in [0.15, 0.2) is 29.2 Å². The fourth-order valence-electron chi connectivity index (χ4n) is 2.17. The Balaban J connectivity index is 2.16. The van der Waals surface area contributed by atoms with Crippen LogP contribution in [0.4, 0.5) is 5.69 Å². The lowest BCUT2D eigenvalue weighted by Gasteiger charge is -2.23. The highest BCUT2D eigenvalue weighted by molar-refractivity contribution is 7.91. The number of benzene rings is 1. The summed E-state index contributed by atoms with van der Waals surface area (Å²) in [6.45, 7) is 3.98. The zero-order valence-corrected chi connectivity index (χ0v) is 13.2. The highest BCUT2D eigenvalue weighted by atomic mass is 32.2. The first kappa shape index (κ1) is 15.8. The second kappa shape index (κ2) is 6.47. The van der Waals surface area contributed by atoms with E-state index in [1.54, 1.807) is 38.1 Å². The Kier molecular flexibility index (Phi) is 4.88. The van der Waals surface area contributed by atoms with E-state index in [4.69, 9.17) is 4.74 Å². The van der Waals surface area contributed by atoms with Crippen LogP contribution in [0.3, 0.4) is 0 Å². The molecule has 1 saturated carbocycles. The SMILES string of the molecule is CCOC(=O)CN(c1ccc(S(=O)(=O)CC)cc1)C1CC1. The van der Waals surface area contributed by atoms with Crippen molar-refractivity contribution >= 4 is 21.5 Å². The van der Waals surface area contributed by atoms with Crippen molar-refractivity contribution in [3.8, 4) is 0 Å². The van der Waals surface area contributed by atoms with Crippen molar-refractivity contribution in [1.82, 2.24) is 0 Å². The summed E-state index contributed by atoms with van der Waals surface area (Å²) in [7, 11) is -3.19. The Labute approximate surface area is 125 Å². The van der Waals surface area contributed by atoms with Gasteiger partial charge in [0.1, 0.15) is 6.54 Å². The van der Waals surface area contributed by atoms with E-state index in [2.05, 4.69) is 0 Å². The van der Waals surface area contributed by atoms with Crippen LogP contribution in [-0.2, 0) is 19.4 Å². The van der Waals surface area contributed by atoms with Gasteiger partial charge in [0, 0.05) is 11.7 Å². The molecule has 0 amide bonds. The Morgan fingerprint density at radius 1 is 1.24 bits per heavy atom. The lowest BCUT2D eigenvalue weighted by Crippen LogP contribution is -2.32. The maximum Gasteiger partial charge on any atom is 0.325 e. The van der Waals surface area contributed by atoms with E-state index in [1.165, 1.54) is 0 Å². The third kappa shape index (κ3) is 3.97. The summed E-state index contributed by atoms with van der Waals surface area (Å²) in [4.78, 5) is 14.0. The number of carbonyl (C=O) groups is 1. The largest absolute Gasteiger partial charge is 0.465 e. The number of hydrogen-bond donors (Lipinski definition) is 0. The molecule has 0 spiro atoms. The van der Waals surface area contributed by atoms with Crippen LogP contribution in [0, 0.1) is 0 Å². The number of sulfone groups is 1. The first-order chi connectivity index (χ1) is 9.97. The lowest BCUT2D eigenvalue weighted by atomic mass is 10.2.